The second kappa shape index (κ2) is 14.3. The van der Waals surface area contributed by atoms with E-state index in [-0.39, 0.29) is 29.7 Å². The Kier molecular flexibility index (Phi) is 9.11. The van der Waals surface area contributed by atoms with Crippen molar-refractivity contribution in [2.24, 2.45) is 23.7 Å². The summed E-state index contributed by atoms with van der Waals surface area (Å²) in [6, 6.07) is 11.2. The molecule has 3 N–H and O–H groups in total. The van der Waals surface area contributed by atoms with Crippen molar-refractivity contribution in [2.45, 2.75) is 50.6 Å². The van der Waals surface area contributed by atoms with E-state index in [1.165, 1.54) is 18.9 Å². The number of hydrogen-bond acceptors (Lipinski definition) is 12. The molecule has 0 radical (unpaired) electrons. The van der Waals surface area contributed by atoms with E-state index in [9.17, 15) is 24.3 Å². The number of nitrogens with zero attached hydrogens (tertiary/aromatic N) is 7. The number of rotatable bonds is 7. The minimum atomic E-state index is -1.08. The molecular weight excluding hydrogens is 730 g/mol. The molecular formula is C42H48FN9O5. The van der Waals surface area contributed by atoms with Gasteiger partial charge in [0.25, 0.3) is 11.8 Å². The number of aromatic nitrogens is 2. The summed E-state index contributed by atoms with van der Waals surface area (Å²) < 4.78 is 15.5. The molecule has 14 nitrogen and oxygen atoms in total. The van der Waals surface area contributed by atoms with Crippen LogP contribution in [0.1, 0.15) is 59.2 Å². The molecule has 6 aliphatic heterocycles. The van der Waals surface area contributed by atoms with E-state index in [1.807, 2.05) is 23.1 Å². The summed E-state index contributed by atoms with van der Waals surface area (Å²) in [5.74, 6) is 0.647. The van der Waals surface area contributed by atoms with Gasteiger partial charge in [-0.15, -0.1) is 10.2 Å². The number of amides is 4. The monoisotopic (exact) mass is 777 g/mol. The molecule has 2 aromatic carbocycles. The third-order valence-corrected chi connectivity index (χ3v) is 13.9. The Hall–Kier alpha value is -5.15. The van der Waals surface area contributed by atoms with Gasteiger partial charge in [-0.05, 0) is 86.1 Å². The average Bonchev–Trinajstić information content (AvgIpc) is 3.58. The number of aromatic hydroxyl groups is 1. The minimum Gasteiger partial charge on any atom is -0.507 e. The number of imide groups is 2. The molecule has 3 unspecified atom stereocenters. The van der Waals surface area contributed by atoms with Crippen LogP contribution in [0.15, 0.2) is 42.5 Å². The number of fused-ring (bicyclic) bond motifs is 6. The molecule has 2 bridgehead atoms. The number of anilines is 3. The van der Waals surface area contributed by atoms with Crippen LogP contribution in [0.4, 0.5) is 21.6 Å². The second-order valence-electron chi connectivity index (χ2n) is 17.2. The predicted molar refractivity (Wildman–Crippen MR) is 209 cm³/mol. The summed E-state index contributed by atoms with van der Waals surface area (Å²) in [7, 11) is 0. The van der Waals surface area contributed by atoms with Crippen LogP contribution in [0.5, 0.6) is 5.75 Å². The van der Waals surface area contributed by atoms with E-state index in [2.05, 4.69) is 41.6 Å². The number of phenolic OH excluding ortho intramolecular Hbond substituents is 1. The molecule has 1 aliphatic carbocycles. The van der Waals surface area contributed by atoms with Crippen molar-refractivity contribution in [1.29, 1.82) is 0 Å². The second-order valence-corrected chi connectivity index (χ2v) is 17.2. The highest BCUT2D eigenvalue weighted by atomic mass is 19.1. The average molecular weight is 778 g/mol. The zero-order chi connectivity index (χ0) is 38.9. The Morgan fingerprint density at radius 1 is 0.772 bits per heavy atom. The largest absolute Gasteiger partial charge is 0.507 e. The number of benzene rings is 2. The first-order chi connectivity index (χ1) is 27.7. The number of para-hydroxylation sites is 1. The first-order valence-corrected chi connectivity index (χ1v) is 20.6. The van der Waals surface area contributed by atoms with Crippen molar-refractivity contribution >= 4 is 40.8 Å². The number of likely N-dealkylation sites (tertiary alicyclic amines) is 1. The summed E-state index contributed by atoms with van der Waals surface area (Å²) in [5, 5.41) is 25.0. The van der Waals surface area contributed by atoms with Gasteiger partial charge in [-0.1, -0.05) is 12.1 Å². The van der Waals surface area contributed by atoms with Crippen LogP contribution >= 0.6 is 0 Å². The van der Waals surface area contributed by atoms with Crippen LogP contribution in [-0.2, 0) is 9.59 Å². The van der Waals surface area contributed by atoms with Crippen molar-refractivity contribution in [3.63, 3.8) is 0 Å². The number of halogens is 1. The summed E-state index contributed by atoms with van der Waals surface area (Å²) in [6.07, 6.45) is 4.51. The highest BCUT2D eigenvalue weighted by Crippen LogP contribution is 2.44. The molecule has 3 aromatic rings. The van der Waals surface area contributed by atoms with Gasteiger partial charge in [0.2, 0.25) is 11.8 Å². The first-order valence-electron chi connectivity index (χ1n) is 20.6. The van der Waals surface area contributed by atoms with Crippen LogP contribution in [-0.4, -0.2) is 131 Å². The van der Waals surface area contributed by atoms with Gasteiger partial charge < -0.3 is 25.1 Å². The maximum atomic E-state index is 15.5. The van der Waals surface area contributed by atoms with Gasteiger partial charge in [0.05, 0.1) is 34.2 Å². The standard InChI is InChI=1S/C42H48FN9O5/c43-32-15-29-30(42(57)52(41(29)56)34-7-8-38(54)45-40(34)55)16-35(32)50-11-9-24(10-12-50)19-49-20-25-5-6-26(21-49)31(25)23-48-13-14-51-27(22-48)18-44-39-36(51)17-33(46-47-39)28-3-1-2-4-37(28)53/h1-4,15-17,24-27,31,34,53H,5-14,18-23H2,(H,44,47)(H,45,54,55)/t25?,26?,27-,31?,34?/m0/s1. The molecule has 5 fully saturated rings. The summed E-state index contributed by atoms with van der Waals surface area (Å²) in [4.78, 5) is 61.4. The Balaban J connectivity index is 0.724. The van der Waals surface area contributed by atoms with E-state index >= 15 is 4.39 Å². The Bertz CT molecular complexity index is 2130. The van der Waals surface area contributed by atoms with Crippen LogP contribution < -0.4 is 20.4 Å². The van der Waals surface area contributed by atoms with Crippen molar-refractivity contribution < 1.29 is 28.7 Å². The maximum absolute atomic E-state index is 15.5. The number of piperidine rings is 3. The van der Waals surface area contributed by atoms with Crippen molar-refractivity contribution in [1.82, 2.24) is 30.2 Å². The number of phenols is 1. The molecule has 4 atom stereocenters. The lowest BCUT2D eigenvalue weighted by molar-refractivity contribution is -0.136. The van der Waals surface area contributed by atoms with E-state index in [0.717, 1.165) is 87.7 Å². The fourth-order valence-electron chi connectivity index (χ4n) is 11.0. The molecule has 4 amide bonds. The number of piperazine rings is 1. The number of hydrogen-bond donors (Lipinski definition) is 3. The van der Waals surface area contributed by atoms with Crippen molar-refractivity contribution in [2.75, 3.05) is 80.6 Å². The van der Waals surface area contributed by atoms with Crippen LogP contribution in [0, 0.1) is 29.5 Å². The van der Waals surface area contributed by atoms with Crippen molar-refractivity contribution in [3.8, 4) is 17.0 Å². The maximum Gasteiger partial charge on any atom is 0.262 e. The van der Waals surface area contributed by atoms with Gasteiger partial charge in [0.15, 0.2) is 5.82 Å². The zero-order valence-electron chi connectivity index (χ0n) is 31.9. The Morgan fingerprint density at radius 3 is 2.28 bits per heavy atom. The quantitative estimate of drug-likeness (QED) is 0.302. The third-order valence-electron chi connectivity index (χ3n) is 13.9. The Labute approximate surface area is 330 Å². The number of carbonyl (C=O) groups excluding carboxylic acids is 4. The molecule has 1 saturated carbocycles. The molecule has 10 rings (SSSR count). The smallest absolute Gasteiger partial charge is 0.262 e. The van der Waals surface area contributed by atoms with Gasteiger partial charge in [-0.25, -0.2) is 4.39 Å². The summed E-state index contributed by atoms with van der Waals surface area (Å²) >= 11 is 0. The molecule has 7 aliphatic rings. The highest BCUT2D eigenvalue weighted by Gasteiger charge is 2.46. The topological polar surface area (TPSA) is 155 Å². The van der Waals surface area contributed by atoms with Gasteiger partial charge in [0.1, 0.15) is 17.6 Å². The van der Waals surface area contributed by atoms with Crippen molar-refractivity contribution in [3.05, 3.63) is 59.4 Å². The number of nitrogens with one attached hydrogen (secondary N) is 2. The SMILES string of the molecule is O=C1CCC(N2C(=O)c3cc(F)c(N4CCC(CN5CC6CCC(C5)C6CN5CCN6c7cc(-c8ccccc8O)nnc7NC[C@H]6C5)CC4)cc3C2=O)C(=O)N1. The van der Waals surface area contributed by atoms with Crippen LogP contribution in [0.25, 0.3) is 11.3 Å². The van der Waals surface area contributed by atoms with E-state index in [1.54, 1.807) is 6.07 Å². The van der Waals surface area contributed by atoms with Gasteiger partial charge in [0, 0.05) is 77.4 Å². The lowest BCUT2D eigenvalue weighted by Crippen LogP contribution is -2.59. The molecule has 7 heterocycles. The van der Waals surface area contributed by atoms with E-state index in [0.29, 0.717) is 59.7 Å². The predicted octanol–water partition coefficient (Wildman–Crippen LogP) is 3.18. The lowest BCUT2D eigenvalue weighted by atomic mass is 9.83. The summed E-state index contributed by atoms with van der Waals surface area (Å²) in [5.41, 5.74) is 2.81. The fraction of sp³-hybridized carbons (Fsp3) is 0.524. The minimum absolute atomic E-state index is 0.0339. The fourth-order valence-corrected chi connectivity index (χ4v) is 11.0. The van der Waals surface area contributed by atoms with E-state index in [4.69, 9.17) is 0 Å². The molecule has 57 heavy (non-hydrogen) atoms. The van der Waals surface area contributed by atoms with Gasteiger partial charge >= 0.3 is 0 Å². The zero-order valence-corrected chi connectivity index (χ0v) is 31.9. The molecule has 4 saturated heterocycles. The molecule has 298 valence electrons. The van der Waals surface area contributed by atoms with Crippen LogP contribution in [0.3, 0.4) is 0 Å². The van der Waals surface area contributed by atoms with Gasteiger partial charge in [-0.2, -0.15) is 0 Å². The number of carbonyl (C=O) groups is 4. The molecule has 1 aromatic heterocycles. The highest BCUT2D eigenvalue weighted by molar-refractivity contribution is 6.23. The summed E-state index contributed by atoms with van der Waals surface area (Å²) in [6.45, 7) is 9.56. The third kappa shape index (κ3) is 6.48. The normalized spacial score (nSPS) is 27.9. The van der Waals surface area contributed by atoms with E-state index < -0.39 is 35.5 Å². The molecule has 15 heteroatoms. The molecule has 0 spiro atoms. The lowest BCUT2D eigenvalue weighted by Gasteiger charge is -2.48. The Morgan fingerprint density at radius 2 is 1.53 bits per heavy atom. The van der Waals surface area contributed by atoms with Crippen LogP contribution in [0.2, 0.25) is 0 Å². The van der Waals surface area contributed by atoms with Gasteiger partial charge in [-0.3, -0.25) is 34.3 Å². The first kappa shape index (κ1) is 36.2.